The molecule has 0 bridgehead atoms. The van der Waals surface area contributed by atoms with Crippen LogP contribution >= 0.6 is 0 Å². The number of benzene rings is 1. The number of aliphatic hydroxyl groups is 1. The second-order valence-electron chi connectivity index (χ2n) is 7.82. The van der Waals surface area contributed by atoms with Crippen LogP contribution < -0.4 is 4.74 Å². The van der Waals surface area contributed by atoms with E-state index in [2.05, 4.69) is 14.7 Å². The van der Waals surface area contributed by atoms with Crippen molar-refractivity contribution in [2.45, 2.75) is 32.7 Å². The molecule has 1 unspecified atom stereocenters. The van der Waals surface area contributed by atoms with E-state index >= 15 is 0 Å². The van der Waals surface area contributed by atoms with Gasteiger partial charge < -0.3 is 9.84 Å². The maximum absolute atomic E-state index is 14.4. The van der Waals surface area contributed by atoms with Gasteiger partial charge in [-0.2, -0.15) is 0 Å². The normalized spacial score (nSPS) is 14.3. The van der Waals surface area contributed by atoms with E-state index in [0.29, 0.717) is 22.9 Å². The molecule has 2 heterocycles. The third kappa shape index (κ3) is 4.28. The number of halogens is 4. The summed E-state index contributed by atoms with van der Waals surface area (Å²) >= 11 is 0. The first-order valence-electron chi connectivity index (χ1n) is 9.07. The Morgan fingerprint density at radius 3 is 2.20 bits per heavy atom. The van der Waals surface area contributed by atoms with Crippen LogP contribution in [0.1, 0.15) is 32.0 Å². The van der Waals surface area contributed by atoms with Crippen LogP contribution in [0.25, 0.3) is 11.1 Å². The molecule has 8 heteroatoms. The van der Waals surface area contributed by atoms with Crippen LogP contribution in [-0.2, 0) is 5.60 Å². The maximum atomic E-state index is 14.4. The van der Waals surface area contributed by atoms with E-state index in [-0.39, 0.29) is 5.56 Å². The molecule has 30 heavy (non-hydrogen) atoms. The Hall–Kier alpha value is -3.00. The Morgan fingerprint density at radius 2 is 1.70 bits per heavy atom. The highest BCUT2D eigenvalue weighted by molar-refractivity contribution is 5.64. The third-order valence-electron chi connectivity index (χ3n) is 4.78. The fraction of sp³-hybridized carbons (Fsp3) is 0.273. The zero-order chi connectivity index (χ0) is 22.2. The van der Waals surface area contributed by atoms with E-state index in [1.165, 1.54) is 12.3 Å². The summed E-state index contributed by atoms with van der Waals surface area (Å²) < 4.78 is 55.0. The quantitative estimate of drug-likeness (QED) is 0.569. The standard InChI is InChI=1S/C22H20F4N2O2/c1-20(2,3)21(29,15-5-4-10-27-13-15)19-9-6-14(12-28-19)17-8-7-16(11-18(17)23)30-22(24,25)26/h4-13,29H,1-3H3. The van der Waals surface area contributed by atoms with Gasteiger partial charge in [-0.25, -0.2) is 4.39 Å². The van der Waals surface area contributed by atoms with Gasteiger partial charge in [0.05, 0.1) is 5.69 Å². The molecule has 0 aliphatic carbocycles. The van der Waals surface area contributed by atoms with Gasteiger partial charge >= 0.3 is 6.36 Å². The zero-order valence-corrected chi connectivity index (χ0v) is 16.5. The minimum absolute atomic E-state index is 0.0595. The number of alkyl halides is 3. The smallest absolute Gasteiger partial charge is 0.406 e. The first kappa shape index (κ1) is 21.7. The molecule has 0 aliphatic rings. The van der Waals surface area contributed by atoms with Gasteiger partial charge in [0.15, 0.2) is 0 Å². The van der Waals surface area contributed by atoms with Crippen molar-refractivity contribution in [3.8, 4) is 16.9 Å². The summed E-state index contributed by atoms with van der Waals surface area (Å²) in [5.74, 6) is -1.53. The molecule has 3 aromatic rings. The third-order valence-corrected chi connectivity index (χ3v) is 4.78. The monoisotopic (exact) mass is 420 g/mol. The summed E-state index contributed by atoms with van der Waals surface area (Å²) in [6, 6.07) is 9.45. The molecule has 1 atom stereocenters. The zero-order valence-electron chi connectivity index (χ0n) is 16.5. The Labute approximate surface area is 171 Å². The Morgan fingerprint density at radius 1 is 0.967 bits per heavy atom. The van der Waals surface area contributed by atoms with E-state index in [9.17, 15) is 22.7 Å². The molecule has 158 valence electrons. The van der Waals surface area contributed by atoms with Crippen LogP contribution in [0, 0.1) is 11.2 Å². The molecular weight excluding hydrogens is 400 g/mol. The molecule has 4 nitrogen and oxygen atoms in total. The predicted octanol–water partition coefficient (Wildman–Crippen LogP) is 5.46. The number of ether oxygens (including phenoxy) is 1. The van der Waals surface area contributed by atoms with Gasteiger partial charge in [-0.3, -0.25) is 9.97 Å². The summed E-state index contributed by atoms with van der Waals surface area (Å²) in [4.78, 5) is 8.41. The van der Waals surface area contributed by atoms with E-state index in [1.807, 2.05) is 20.8 Å². The summed E-state index contributed by atoms with van der Waals surface area (Å²) in [5, 5.41) is 11.6. The van der Waals surface area contributed by atoms with E-state index in [4.69, 9.17) is 0 Å². The molecule has 2 aromatic heterocycles. The van der Waals surface area contributed by atoms with Crippen LogP contribution in [0.2, 0.25) is 0 Å². The minimum Gasteiger partial charge on any atom is -0.406 e. The molecule has 0 saturated carbocycles. The summed E-state index contributed by atoms with van der Waals surface area (Å²) in [6.07, 6.45) is -0.385. The number of hydrogen-bond acceptors (Lipinski definition) is 4. The number of hydrogen-bond donors (Lipinski definition) is 1. The first-order chi connectivity index (χ1) is 13.9. The van der Waals surface area contributed by atoms with Gasteiger partial charge in [0.25, 0.3) is 0 Å². The van der Waals surface area contributed by atoms with Gasteiger partial charge in [-0.1, -0.05) is 32.9 Å². The SMILES string of the molecule is CC(C)(C)C(O)(c1cccnc1)c1ccc(-c2ccc(OC(F)(F)F)cc2F)cn1. The molecule has 1 aromatic carbocycles. The number of aromatic nitrogens is 2. The van der Waals surface area contributed by atoms with Gasteiger partial charge in [-0.15, -0.1) is 13.2 Å². The van der Waals surface area contributed by atoms with Gasteiger partial charge in [-0.05, 0) is 24.3 Å². The lowest BCUT2D eigenvalue weighted by Crippen LogP contribution is -2.42. The number of nitrogens with zero attached hydrogens (tertiary/aromatic N) is 2. The molecule has 0 amide bonds. The van der Waals surface area contributed by atoms with Crippen molar-refractivity contribution >= 4 is 0 Å². The Bertz CT molecular complexity index is 1020. The number of rotatable bonds is 4. The van der Waals surface area contributed by atoms with Crippen molar-refractivity contribution in [1.82, 2.24) is 9.97 Å². The average molecular weight is 420 g/mol. The highest BCUT2D eigenvalue weighted by Gasteiger charge is 2.44. The summed E-state index contributed by atoms with van der Waals surface area (Å²) in [7, 11) is 0. The van der Waals surface area contributed by atoms with Crippen LogP contribution in [0.5, 0.6) is 5.75 Å². The molecule has 0 fully saturated rings. The van der Waals surface area contributed by atoms with Gasteiger partial charge in [0.1, 0.15) is 17.2 Å². The highest BCUT2D eigenvalue weighted by Crippen LogP contribution is 2.44. The first-order valence-corrected chi connectivity index (χ1v) is 9.07. The average Bonchev–Trinajstić information content (AvgIpc) is 2.66. The maximum Gasteiger partial charge on any atom is 0.573 e. The van der Waals surface area contributed by atoms with Crippen LogP contribution in [0.3, 0.4) is 0 Å². The second kappa shape index (κ2) is 7.68. The largest absolute Gasteiger partial charge is 0.573 e. The van der Waals surface area contributed by atoms with Crippen molar-refractivity contribution < 1.29 is 27.4 Å². The highest BCUT2D eigenvalue weighted by atomic mass is 19.4. The molecular formula is C22H20F4N2O2. The van der Waals surface area contributed by atoms with E-state index in [0.717, 1.165) is 6.07 Å². The Balaban J connectivity index is 1.98. The molecule has 0 aliphatic heterocycles. The van der Waals surface area contributed by atoms with Crippen LogP contribution in [-0.4, -0.2) is 21.4 Å². The summed E-state index contributed by atoms with van der Waals surface area (Å²) in [6.45, 7) is 5.57. The molecule has 0 spiro atoms. The predicted molar refractivity (Wildman–Crippen MR) is 103 cm³/mol. The lowest BCUT2D eigenvalue weighted by atomic mass is 9.70. The van der Waals surface area contributed by atoms with Crippen LogP contribution in [0.15, 0.2) is 61.1 Å². The van der Waals surface area contributed by atoms with Crippen molar-refractivity contribution in [2.75, 3.05) is 0 Å². The Kier molecular flexibility index (Phi) is 5.56. The van der Waals surface area contributed by atoms with E-state index < -0.39 is 28.9 Å². The topological polar surface area (TPSA) is 55.2 Å². The van der Waals surface area contributed by atoms with Crippen molar-refractivity contribution in [2.24, 2.45) is 5.41 Å². The molecule has 0 radical (unpaired) electrons. The van der Waals surface area contributed by atoms with Crippen LogP contribution in [0.4, 0.5) is 17.6 Å². The van der Waals surface area contributed by atoms with E-state index in [1.54, 1.807) is 36.7 Å². The lowest BCUT2D eigenvalue weighted by Gasteiger charge is -2.40. The van der Waals surface area contributed by atoms with Crippen molar-refractivity contribution in [3.05, 3.63) is 78.1 Å². The molecule has 0 saturated heterocycles. The van der Waals surface area contributed by atoms with Crippen molar-refractivity contribution in [3.63, 3.8) is 0 Å². The summed E-state index contributed by atoms with van der Waals surface area (Å²) in [5.41, 5.74) is -0.821. The molecule has 1 N–H and O–H groups in total. The molecule has 3 rings (SSSR count). The van der Waals surface area contributed by atoms with Crippen molar-refractivity contribution in [1.29, 1.82) is 0 Å². The van der Waals surface area contributed by atoms with Gasteiger partial charge in [0, 0.05) is 46.8 Å². The fourth-order valence-electron chi connectivity index (χ4n) is 3.24. The fourth-order valence-corrected chi connectivity index (χ4v) is 3.24. The second-order valence-corrected chi connectivity index (χ2v) is 7.82. The number of pyridine rings is 2. The minimum atomic E-state index is -4.90. The lowest BCUT2D eigenvalue weighted by molar-refractivity contribution is -0.274. The van der Waals surface area contributed by atoms with Gasteiger partial charge in [0.2, 0.25) is 0 Å².